The molecule has 0 saturated carbocycles. The molecule has 2 nitrogen and oxygen atoms in total. The lowest BCUT2D eigenvalue weighted by Crippen LogP contribution is -2.38. The highest BCUT2D eigenvalue weighted by Gasteiger charge is 2.21. The average molecular weight is 282 g/mol. The van der Waals surface area contributed by atoms with Crippen molar-refractivity contribution in [2.45, 2.75) is 32.1 Å². The Morgan fingerprint density at radius 1 is 1.42 bits per heavy atom. The molecule has 2 rings (SSSR count). The van der Waals surface area contributed by atoms with Gasteiger partial charge in [-0.05, 0) is 36.7 Å². The SMILES string of the molecule is CCNCc1cc(F)ccc1N1CCSC(CC)C1. The van der Waals surface area contributed by atoms with E-state index in [0.29, 0.717) is 5.25 Å². The van der Waals surface area contributed by atoms with Crippen LogP contribution in [0.25, 0.3) is 0 Å². The van der Waals surface area contributed by atoms with Gasteiger partial charge in [0, 0.05) is 36.3 Å². The number of halogens is 1. The number of thioether (sulfide) groups is 1. The molecule has 0 bridgehead atoms. The van der Waals surface area contributed by atoms with Gasteiger partial charge in [-0.2, -0.15) is 11.8 Å². The van der Waals surface area contributed by atoms with Crippen molar-refractivity contribution in [1.82, 2.24) is 5.32 Å². The van der Waals surface area contributed by atoms with Gasteiger partial charge in [0.1, 0.15) is 5.82 Å². The molecule has 1 aliphatic rings. The molecule has 106 valence electrons. The third kappa shape index (κ3) is 3.86. The summed E-state index contributed by atoms with van der Waals surface area (Å²) in [6.07, 6.45) is 1.20. The Labute approximate surface area is 119 Å². The molecule has 0 radical (unpaired) electrons. The van der Waals surface area contributed by atoms with Crippen LogP contribution in [-0.2, 0) is 6.54 Å². The first-order chi connectivity index (χ1) is 9.24. The van der Waals surface area contributed by atoms with Gasteiger partial charge in [-0.25, -0.2) is 4.39 Å². The van der Waals surface area contributed by atoms with Crippen LogP contribution in [0.5, 0.6) is 0 Å². The Kier molecular flexibility index (Phi) is 5.52. The lowest BCUT2D eigenvalue weighted by atomic mass is 10.1. The zero-order valence-corrected chi connectivity index (χ0v) is 12.6. The molecule has 1 fully saturated rings. The number of hydrogen-bond acceptors (Lipinski definition) is 3. The van der Waals surface area contributed by atoms with Crippen LogP contribution in [0.4, 0.5) is 10.1 Å². The molecular weight excluding hydrogens is 259 g/mol. The fraction of sp³-hybridized carbons (Fsp3) is 0.600. The molecule has 1 atom stereocenters. The number of nitrogens with zero attached hydrogens (tertiary/aromatic N) is 1. The lowest BCUT2D eigenvalue weighted by Gasteiger charge is -2.35. The largest absolute Gasteiger partial charge is 0.369 e. The zero-order valence-electron chi connectivity index (χ0n) is 11.8. The minimum Gasteiger partial charge on any atom is -0.369 e. The Morgan fingerprint density at radius 3 is 3.00 bits per heavy atom. The Balaban J connectivity index is 2.17. The molecular formula is C15H23FN2S. The Hall–Kier alpha value is -0.740. The summed E-state index contributed by atoms with van der Waals surface area (Å²) in [5, 5.41) is 4.00. The summed E-state index contributed by atoms with van der Waals surface area (Å²) >= 11 is 2.06. The molecule has 1 heterocycles. The first-order valence-electron chi connectivity index (χ1n) is 7.10. The smallest absolute Gasteiger partial charge is 0.123 e. The van der Waals surface area contributed by atoms with Crippen molar-refractivity contribution in [3.05, 3.63) is 29.6 Å². The number of nitrogens with one attached hydrogen (secondary N) is 1. The first-order valence-corrected chi connectivity index (χ1v) is 8.15. The van der Waals surface area contributed by atoms with E-state index in [-0.39, 0.29) is 5.82 Å². The molecule has 0 amide bonds. The zero-order chi connectivity index (χ0) is 13.7. The van der Waals surface area contributed by atoms with Crippen LogP contribution >= 0.6 is 11.8 Å². The predicted octanol–water partition coefficient (Wildman–Crippen LogP) is 3.27. The van der Waals surface area contributed by atoms with Gasteiger partial charge in [0.05, 0.1) is 0 Å². The van der Waals surface area contributed by atoms with Gasteiger partial charge in [0.25, 0.3) is 0 Å². The van der Waals surface area contributed by atoms with Crippen molar-refractivity contribution < 1.29 is 4.39 Å². The van der Waals surface area contributed by atoms with Crippen LogP contribution < -0.4 is 10.2 Å². The maximum absolute atomic E-state index is 13.4. The molecule has 1 saturated heterocycles. The van der Waals surface area contributed by atoms with Crippen molar-refractivity contribution in [1.29, 1.82) is 0 Å². The standard InChI is InChI=1S/C15H23FN2S/c1-3-14-11-18(7-8-19-14)15-6-5-13(16)9-12(15)10-17-4-2/h5-6,9,14,17H,3-4,7-8,10-11H2,1-2H3. The van der Waals surface area contributed by atoms with E-state index in [0.717, 1.165) is 37.5 Å². The normalized spacial score (nSPS) is 19.7. The molecule has 19 heavy (non-hydrogen) atoms. The van der Waals surface area contributed by atoms with Gasteiger partial charge >= 0.3 is 0 Å². The van der Waals surface area contributed by atoms with Gasteiger partial charge in [0.2, 0.25) is 0 Å². The highest BCUT2D eigenvalue weighted by molar-refractivity contribution is 8.00. The Bertz CT molecular complexity index is 411. The minimum atomic E-state index is -0.143. The summed E-state index contributed by atoms with van der Waals surface area (Å²) < 4.78 is 13.4. The van der Waals surface area contributed by atoms with Crippen molar-refractivity contribution in [2.75, 3.05) is 30.3 Å². The summed E-state index contributed by atoms with van der Waals surface area (Å²) in [5.74, 6) is 1.02. The van der Waals surface area contributed by atoms with E-state index in [9.17, 15) is 4.39 Å². The molecule has 1 aromatic rings. The highest BCUT2D eigenvalue weighted by atomic mass is 32.2. The van der Waals surface area contributed by atoms with Crippen molar-refractivity contribution in [3.63, 3.8) is 0 Å². The molecule has 1 aromatic carbocycles. The van der Waals surface area contributed by atoms with E-state index in [4.69, 9.17) is 0 Å². The number of benzene rings is 1. The van der Waals surface area contributed by atoms with Crippen LogP contribution in [0, 0.1) is 5.82 Å². The lowest BCUT2D eigenvalue weighted by molar-refractivity contribution is 0.620. The van der Waals surface area contributed by atoms with E-state index >= 15 is 0 Å². The van der Waals surface area contributed by atoms with Gasteiger partial charge in [-0.3, -0.25) is 0 Å². The van der Waals surface area contributed by atoms with Crippen LogP contribution in [-0.4, -0.2) is 30.6 Å². The van der Waals surface area contributed by atoms with Crippen LogP contribution in [0.2, 0.25) is 0 Å². The second kappa shape index (κ2) is 7.15. The van der Waals surface area contributed by atoms with E-state index in [1.54, 1.807) is 12.1 Å². The summed E-state index contributed by atoms with van der Waals surface area (Å²) in [5.41, 5.74) is 2.27. The summed E-state index contributed by atoms with van der Waals surface area (Å²) in [7, 11) is 0. The first kappa shape index (κ1) is 14.7. The summed E-state index contributed by atoms with van der Waals surface area (Å²) in [4.78, 5) is 2.41. The second-order valence-corrected chi connectivity index (χ2v) is 6.31. The third-order valence-corrected chi connectivity index (χ3v) is 4.91. The quantitative estimate of drug-likeness (QED) is 0.892. The van der Waals surface area contributed by atoms with E-state index < -0.39 is 0 Å². The summed E-state index contributed by atoms with van der Waals surface area (Å²) in [6.45, 7) is 8.10. The summed E-state index contributed by atoms with van der Waals surface area (Å²) in [6, 6.07) is 5.18. The van der Waals surface area contributed by atoms with E-state index in [1.807, 2.05) is 6.07 Å². The van der Waals surface area contributed by atoms with Gasteiger partial charge in [-0.15, -0.1) is 0 Å². The fourth-order valence-electron chi connectivity index (χ4n) is 2.45. The second-order valence-electron chi connectivity index (χ2n) is 4.90. The molecule has 1 aliphatic heterocycles. The van der Waals surface area contributed by atoms with E-state index in [1.165, 1.54) is 12.1 Å². The fourth-order valence-corrected chi connectivity index (χ4v) is 3.63. The van der Waals surface area contributed by atoms with Gasteiger partial charge in [-0.1, -0.05) is 13.8 Å². The van der Waals surface area contributed by atoms with Gasteiger partial charge < -0.3 is 10.2 Å². The maximum atomic E-state index is 13.4. The van der Waals surface area contributed by atoms with Gasteiger partial charge in [0.15, 0.2) is 0 Å². The number of hydrogen-bond donors (Lipinski definition) is 1. The highest BCUT2D eigenvalue weighted by Crippen LogP contribution is 2.28. The van der Waals surface area contributed by atoms with Crippen LogP contribution in [0.3, 0.4) is 0 Å². The van der Waals surface area contributed by atoms with Crippen molar-refractivity contribution >= 4 is 17.4 Å². The van der Waals surface area contributed by atoms with Crippen LogP contribution in [0.15, 0.2) is 18.2 Å². The number of anilines is 1. The minimum absolute atomic E-state index is 0.143. The third-order valence-electron chi connectivity index (χ3n) is 3.54. The van der Waals surface area contributed by atoms with Crippen LogP contribution in [0.1, 0.15) is 25.8 Å². The van der Waals surface area contributed by atoms with E-state index in [2.05, 4.69) is 35.8 Å². The molecule has 0 aliphatic carbocycles. The Morgan fingerprint density at radius 2 is 2.26 bits per heavy atom. The monoisotopic (exact) mass is 282 g/mol. The number of rotatable bonds is 5. The molecule has 4 heteroatoms. The topological polar surface area (TPSA) is 15.3 Å². The maximum Gasteiger partial charge on any atom is 0.123 e. The molecule has 0 aromatic heterocycles. The molecule has 1 unspecified atom stereocenters. The predicted molar refractivity (Wildman–Crippen MR) is 82.5 cm³/mol. The molecule has 1 N–H and O–H groups in total. The average Bonchev–Trinajstić information content (AvgIpc) is 2.45. The van der Waals surface area contributed by atoms with Crippen molar-refractivity contribution in [3.8, 4) is 0 Å². The molecule has 0 spiro atoms. The van der Waals surface area contributed by atoms with Crippen molar-refractivity contribution in [2.24, 2.45) is 0 Å².